The Hall–Kier alpha value is -4.78. The molecule has 0 saturated heterocycles. The zero-order valence-corrected chi connectivity index (χ0v) is 89.7. The molecule has 0 aliphatic rings. The molecule has 0 unspecified atom stereocenters. The average molecular weight is 2180 g/mol. The van der Waals surface area contributed by atoms with Gasteiger partial charge in [0.25, 0.3) is 0 Å². The number of carboxylic acids is 1. The first-order valence-electron chi connectivity index (χ1n) is 52.0. The van der Waals surface area contributed by atoms with Gasteiger partial charge < -0.3 is 221 Å². The van der Waals surface area contributed by atoms with Crippen LogP contribution in [-0.2, 0) is 218 Å². The highest BCUT2D eigenvalue weighted by Crippen LogP contribution is 2.12. The minimum Gasteiger partial charge on any atom is -0.481 e. The summed E-state index contributed by atoms with van der Waals surface area (Å²) in [4.78, 5) is 75.8. The van der Waals surface area contributed by atoms with Crippen LogP contribution in [0.15, 0.2) is 0 Å². The summed E-state index contributed by atoms with van der Waals surface area (Å²) in [5, 5.41) is 22.8. The number of hydrogen-bond donors (Lipinski definition) is 6. The molecule has 0 aliphatic carbocycles. The van der Waals surface area contributed by atoms with Crippen molar-refractivity contribution in [3.8, 4) is 0 Å². The normalized spacial score (nSPS) is 11.7. The number of hydrogen-bond acceptors (Lipinski definition) is 46. The van der Waals surface area contributed by atoms with Crippen LogP contribution in [-0.4, -0.2) is 602 Å². The Morgan fingerprint density at radius 3 is 0.497 bits per heavy atom. The third kappa shape index (κ3) is 123. The molecule has 0 bridgehead atoms. The summed E-state index contributed by atoms with van der Waals surface area (Å²) in [5.41, 5.74) is -1.47. The molecule has 52 heteroatoms. The second kappa shape index (κ2) is 127. The Morgan fingerprint density at radius 2 is 0.309 bits per heavy atom. The minimum atomic E-state index is -1.47. The van der Waals surface area contributed by atoms with Crippen molar-refractivity contribution < 1.29 is 223 Å². The van der Waals surface area contributed by atoms with Crippen LogP contribution in [0.5, 0.6) is 0 Å². The van der Waals surface area contributed by atoms with Crippen LogP contribution in [0, 0.1) is 0 Å². The highest BCUT2D eigenvalue weighted by atomic mass is 16.6. The van der Waals surface area contributed by atoms with Crippen LogP contribution >= 0.6 is 0 Å². The number of aliphatic carboxylic acids is 1. The van der Waals surface area contributed by atoms with Gasteiger partial charge in [0.05, 0.1) is 502 Å². The van der Waals surface area contributed by atoms with Gasteiger partial charge in [0.1, 0.15) is 12.1 Å². The maximum Gasteiger partial charge on any atom is 0.303 e. The molecule has 0 atom stereocenters. The van der Waals surface area contributed by atoms with E-state index in [1.165, 1.54) is 0 Å². The van der Waals surface area contributed by atoms with Crippen molar-refractivity contribution in [2.24, 2.45) is 0 Å². The lowest BCUT2D eigenvalue weighted by Crippen LogP contribution is -2.59. The van der Waals surface area contributed by atoms with Crippen molar-refractivity contribution in [1.82, 2.24) is 26.6 Å². The smallest absolute Gasteiger partial charge is 0.303 e. The van der Waals surface area contributed by atoms with E-state index < -0.39 is 29.9 Å². The molecule has 0 saturated carbocycles. The third-order valence-corrected chi connectivity index (χ3v) is 18.7. The number of carboxylic acid groups (broad SMARTS) is 1. The van der Waals surface area contributed by atoms with Crippen molar-refractivity contribution in [3.63, 3.8) is 0 Å². The van der Waals surface area contributed by atoms with Gasteiger partial charge in [-0.3, -0.25) is 28.8 Å². The Labute approximate surface area is 882 Å². The number of methoxy groups -OCH3 is 3. The van der Waals surface area contributed by atoms with E-state index >= 15 is 0 Å². The average Bonchev–Trinajstić information content (AvgIpc) is 0.851. The number of amides is 5. The Bertz CT molecular complexity index is 2640. The molecule has 0 aromatic heterocycles. The lowest BCUT2D eigenvalue weighted by atomic mass is 10.0. The predicted octanol–water partition coefficient (Wildman–Crippen LogP) is -1.72. The van der Waals surface area contributed by atoms with Gasteiger partial charge in [-0.25, -0.2) is 0 Å². The fourth-order valence-corrected chi connectivity index (χ4v) is 11.2. The molecule has 5 amide bonds. The van der Waals surface area contributed by atoms with Gasteiger partial charge in [0.2, 0.25) is 29.5 Å². The summed E-state index contributed by atoms with van der Waals surface area (Å²) in [7, 11) is 4.89. The Balaban J connectivity index is 5.22. The number of rotatable bonds is 133. The van der Waals surface area contributed by atoms with Gasteiger partial charge in [0.15, 0.2) is 0 Å². The van der Waals surface area contributed by atoms with E-state index in [1.807, 2.05) is 0 Å². The van der Waals surface area contributed by atoms with Crippen LogP contribution < -0.4 is 26.6 Å². The fraction of sp³-hybridized carbons (Fsp3) is 0.938. The number of carbonyl (C=O) groups excluding carboxylic acids is 5. The van der Waals surface area contributed by atoms with Crippen molar-refractivity contribution in [3.05, 3.63) is 0 Å². The van der Waals surface area contributed by atoms with E-state index in [0.29, 0.717) is 370 Å². The Morgan fingerprint density at radius 1 is 0.161 bits per heavy atom. The highest BCUT2D eigenvalue weighted by Gasteiger charge is 2.34. The summed E-state index contributed by atoms with van der Waals surface area (Å²) in [6, 6.07) is 0. The van der Waals surface area contributed by atoms with Gasteiger partial charge in [0, 0.05) is 79.6 Å². The molecule has 0 fully saturated rings. The fourth-order valence-electron chi connectivity index (χ4n) is 11.2. The first-order chi connectivity index (χ1) is 73.6. The quantitative estimate of drug-likeness (QED) is 0.0369. The van der Waals surface area contributed by atoms with E-state index in [0.717, 1.165) is 0 Å². The monoisotopic (exact) mass is 2180 g/mol. The number of ether oxygens (including phenoxy) is 40. The first-order valence-corrected chi connectivity index (χ1v) is 52.0. The molecule has 0 aromatic rings. The van der Waals surface area contributed by atoms with Crippen LogP contribution in [0.25, 0.3) is 0 Å². The third-order valence-electron chi connectivity index (χ3n) is 18.7. The van der Waals surface area contributed by atoms with Gasteiger partial charge in [-0.1, -0.05) is 0 Å². The summed E-state index contributed by atoms with van der Waals surface area (Å²) in [6.07, 6.45) is 0.0227. The molecule has 0 rings (SSSR count). The van der Waals surface area contributed by atoms with E-state index in [-0.39, 0.29) is 215 Å². The zero-order chi connectivity index (χ0) is 107. The maximum atomic E-state index is 13.9. The van der Waals surface area contributed by atoms with E-state index in [1.54, 1.807) is 21.3 Å². The predicted molar refractivity (Wildman–Crippen MR) is 534 cm³/mol. The Kier molecular flexibility index (Phi) is 123. The second-order valence-electron chi connectivity index (χ2n) is 31.1. The molecule has 6 N–H and O–H groups in total. The summed E-state index contributed by atoms with van der Waals surface area (Å²) in [6.45, 7) is 27.7. The van der Waals surface area contributed by atoms with Crippen LogP contribution in [0.1, 0.15) is 38.5 Å². The van der Waals surface area contributed by atoms with Gasteiger partial charge in [-0.2, -0.15) is 0 Å². The molecule has 0 heterocycles. The second-order valence-corrected chi connectivity index (χ2v) is 31.1. The summed E-state index contributed by atoms with van der Waals surface area (Å²) >= 11 is 0. The molecule has 149 heavy (non-hydrogen) atoms. The number of nitrogens with one attached hydrogen (secondary N) is 5. The van der Waals surface area contributed by atoms with Crippen molar-refractivity contribution in [2.75, 3.05) is 556 Å². The zero-order valence-electron chi connectivity index (χ0n) is 89.7. The van der Waals surface area contributed by atoms with E-state index in [9.17, 15) is 28.8 Å². The lowest BCUT2D eigenvalue weighted by molar-refractivity contribution is -0.137. The number of carbonyl (C=O) groups is 6. The lowest BCUT2D eigenvalue weighted by Gasteiger charge is -2.34. The standard InChI is InChI=1S/C97H189N5O47/c1-110-21-24-118-37-40-126-51-54-132-63-66-138-75-78-144-84-81-141-72-69-135-60-57-129-48-45-123-34-29-115-18-11-99-92(104)7-15-147-88-97(102-94(106)9-14-113-27-32-121-43-44-122-33-28-114-17-10-98-91(103)5-4-6-96(108)109,90-149-87-95(107)101-13-20-117-31-36-125-47-50-131-59-62-137-71-74-143-83-86-146-80-77-140-68-65-134-56-53-128-42-39-120-26-23-112-3)89-148-16-8-93(105)100-12-19-116-30-35-124-46-49-130-58-61-136-70-73-142-82-85-145-79-76-139-67-64-133-55-52-127-41-38-119-25-22-111-2/h4-90H2,1-3H3,(H,98,103)(H,99,104)(H,100,105)(H,101,107)(H,102,106)(H,108,109). The molecule has 0 aliphatic heterocycles. The molecular weight excluding hydrogens is 1990 g/mol. The minimum absolute atomic E-state index is 0.0159. The molecule has 52 nitrogen and oxygen atoms in total. The molecule has 884 valence electrons. The van der Waals surface area contributed by atoms with Crippen LogP contribution in [0.4, 0.5) is 0 Å². The van der Waals surface area contributed by atoms with Gasteiger partial charge in [-0.05, 0) is 6.42 Å². The molecule has 0 aromatic carbocycles. The van der Waals surface area contributed by atoms with Crippen LogP contribution in [0.2, 0.25) is 0 Å². The summed E-state index contributed by atoms with van der Waals surface area (Å²) < 4.78 is 221. The topological polar surface area (TPSA) is 552 Å². The molecule has 0 spiro atoms. The van der Waals surface area contributed by atoms with Gasteiger partial charge >= 0.3 is 5.97 Å². The SMILES string of the molecule is COCCOCCOCCOCCOCCOCCOCCOCCOCCOCCOCCNC(=O)CCOCC(COCCC(=O)NCCOCCOCCOCCOCCOCCOCCOCCOCCOCCOCCOC)(COCC(=O)NCCOCCOCCOCCOCCOCCOCCOCCOCCOCCOCCOC)NC(=O)CCOCCOCCOCCOCCNC(=O)CCCC(=O)O. The summed E-state index contributed by atoms with van der Waals surface area (Å²) in [5.74, 6) is -2.85. The van der Waals surface area contributed by atoms with Crippen molar-refractivity contribution in [2.45, 2.75) is 44.1 Å². The van der Waals surface area contributed by atoms with Crippen molar-refractivity contribution >= 4 is 35.5 Å². The van der Waals surface area contributed by atoms with Crippen LogP contribution in [0.3, 0.4) is 0 Å². The van der Waals surface area contributed by atoms with Gasteiger partial charge in [-0.15, -0.1) is 0 Å². The highest BCUT2D eigenvalue weighted by molar-refractivity contribution is 5.78. The van der Waals surface area contributed by atoms with Crippen molar-refractivity contribution in [1.29, 1.82) is 0 Å². The molecule has 0 radical (unpaired) electrons. The first kappa shape index (κ1) is 144. The largest absolute Gasteiger partial charge is 0.481 e. The molecular formula is C97H189N5O47. The maximum absolute atomic E-state index is 13.9. The van der Waals surface area contributed by atoms with E-state index in [4.69, 9.17) is 195 Å². The van der Waals surface area contributed by atoms with E-state index in [2.05, 4.69) is 26.6 Å².